The molecule has 1 N–H and O–H groups in total. The van der Waals surface area contributed by atoms with E-state index in [1.165, 1.54) is 0 Å². The summed E-state index contributed by atoms with van der Waals surface area (Å²) < 4.78 is 11.1. The van der Waals surface area contributed by atoms with Crippen LogP contribution >= 0.6 is 0 Å². The number of fused-ring (bicyclic) bond motifs is 2. The highest BCUT2D eigenvalue weighted by Crippen LogP contribution is 2.41. The second-order valence-corrected chi connectivity index (χ2v) is 8.32. The number of nitrogens with one attached hydrogen (secondary N) is 1. The zero-order valence-corrected chi connectivity index (χ0v) is 17.7. The number of nitrogens with zero attached hydrogens (tertiary/aromatic N) is 2. The number of allylic oxidation sites excluding steroid dienone is 2. The van der Waals surface area contributed by atoms with Crippen molar-refractivity contribution in [2.75, 3.05) is 13.2 Å². The van der Waals surface area contributed by atoms with Crippen molar-refractivity contribution < 1.29 is 23.5 Å². The molecule has 166 valence electrons. The van der Waals surface area contributed by atoms with Crippen LogP contribution in [0.4, 0.5) is 4.79 Å². The molecule has 8 heteroatoms. The molecule has 1 spiro atoms. The summed E-state index contributed by atoms with van der Waals surface area (Å²) >= 11 is 0. The SMILES string of the molecule is O=C(CN1C(=O)N[C@]2(CCOc3ccccc32)C1=O)N(Cc1ccco1)C1=CCCCC1. The third kappa shape index (κ3) is 3.45. The Morgan fingerprint density at radius 2 is 2.03 bits per heavy atom. The molecule has 1 atom stereocenters. The summed E-state index contributed by atoms with van der Waals surface area (Å²) in [5, 5.41) is 2.85. The summed E-state index contributed by atoms with van der Waals surface area (Å²) in [6, 6.07) is 10.2. The monoisotopic (exact) mass is 435 g/mol. The zero-order valence-electron chi connectivity index (χ0n) is 17.7. The van der Waals surface area contributed by atoms with E-state index in [-0.39, 0.29) is 19.0 Å². The Hall–Kier alpha value is -3.55. The van der Waals surface area contributed by atoms with Crippen molar-refractivity contribution in [3.8, 4) is 5.75 Å². The van der Waals surface area contributed by atoms with Gasteiger partial charge in [-0.2, -0.15) is 0 Å². The molecular formula is C24H25N3O5. The lowest BCUT2D eigenvalue weighted by Crippen LogP contribution is -2.48. The molecule has 1 aliphatic carbocycles. The molecule has 3 aliphatic rings. The van der Waals surface area contributed by atoms with Gasteiger partial charge in [-0.25, -0.2) is 4.79 Å². The van der Waals surface area contributed by atoms with Crippen molar-refractivity contribution >= 4 is 17.8 Å². The van der Waals surface area contributed by atoms with E-state index in [9.17, 15) is 14.4 Å². The van der Waals surface area contributed by atoms with Gasteiger partial charge >= 0.3 is 6.03 Å². The molecule has 4 amide bonds. The molecular weight excluding hydrogens is 410 g/mol. The van der Waals surface area contributed by atoms with E-state index >= 15 is 0 Å². The minimum Gasteiger partial charge on any atom is -0.493 e. The number of rotatable bonds is 5. The fourth-order valence-corrected chi connectivity index (χ4v) is 4.71. The minimum atomic E-state index is -1.19. The maximum absolute atomic E-state index is 13.5. The molecule has 0 radical (unpaired) electrons. The molecule has 1 saturated heterocycles. The molecule has 0 saturated carbocycles. The smallest absolute Gasteiger partial charge is 0.325 e. The number of carbonyl (C=O) groups excluding carboxylic acids is 3. The normalized spacial score (nSPS) is 22.2. The van der Waals surface area contributed by atoms with Crippen molar-refractivity contribution in [3.63, 3.8) is 0 Å². The summed E-state index contributed by atoms with van der Waals surface area (Å²) in [7, 11) is 0. The molecule has 1 aromatic carbocycles. The van der Waals surface area contributed by atoms with Crippen molar-refractivity contribution in [1.29, 1.82) is 0 Å². The predicted molar refractivity (Wildman–Crippen MR) is 114 cm³/mol. The second-order valence-electron chi connectivity index (χ2n) is 8.32. The van der Waals surface area contributed by atoms with E-state index in [0.717, 1.165) is 36.3 Å². The van der Waals surface area contributed by atoms with Crippen molar-refractivity contribution in [1.82, 2.24) is 15.1 Å². The highest BCUT2D eigenvalue weighted by Gasteiger charge is 2.55. The number of ether oxygens (including phenoxy) is 1. The Morgan fingerprint density at radius 1 is 1.16 bits per heavy atom. The Bertz CT molecular complexity index is 1080. The van der Waals surface area contributed by atoms with Crippen LogP contribution in [0.15, 0.2) is 58.9 Å². The molecule has 2 aliphatic heterocycles. The Balaban J connectivity index is 1.40. The van der Waals surface area contributed by atoms with Crippen molar-refractivity contribution in [3.05, 3.63) is 65.8 Å². The number of imide groups is 1. The molecule has 0 unspecified atom stereocenters. The van der Waals surface area contributed by atoms with Gasteiger partial charge in [0.1, 0.15) is 18.1 Å². The van der Waals surface area contributed by atoms with E-state index in [1.54, 1.807) is 29.4 Å². The van der Waals surface area contributed by atoms with Gasteiger partial charge in [-0.15, -0.1) is 0 Å². The third-order valence-electron chi connectivity index (χ3n) is 6.36. The topological polar surface area (TPSA) is 92.1 Å². The van der Waals surface area contributed by atoms with Gasteiger partial charge in [0.2, 0.25) is 5.91 Å². The van der Waals surface area contributed by atoms with Gasteiger partial charge in [0.25, 0.3) is 5.91 Å². The number of hydrogen-bond donors (Lipinski definition) is 1. The molecule has 1 aromatic heterocycles. The molecule has 0 bridgehead atoms. The van der Waals surface area contributed by atoms with Crippen LogP contribution in [0.1, 0.15) is 43.4 Å². The maximum Gasteiger partial charge on any atom is 0.325 e. The number of benzene rings is 1. The summed E-state index contributed by atoms with van der Waals surface area (Å²) in [6.45, 7) is 0.249. The second kappa shape index (κ2) is 8.18. The van der Waals surface area contributed by atoms with Crippen LogP contribution in [-0.4, -0.2) is 40.8 Å². The lowest BCUT2D eigenvalue weighted by Gasteiger charge is -2.33. The van der Waals surface area contributed by atoms with Crippen LogP contribution in [0.25, 0.3) is 0 Å². The van der Waals surface area contributed by atoms with Gasteiger partial charge in [0.15, 0.2) is 5.54 Å². The van der Waals surface area contributed by atoms with Gasteiger partial charge in [-0.3, -0.25) is 14.5 Å². The van der Waals surface area contributed by atoms with Crippen molar-refractivity contribution in [2.24, 2.45) is 0 Å². The van der Waals surface area contributed by atoms with Gasteiger partial charge in [0.05, 0.1) is 19.4 Å². The van der Waals surface area contributed by atoms with Crippen LogP contribution in [0, 0.1) is 0 Å². The average molecular weight is 435 g/mol. The standard InChI is InChI=1S/C24H25N3O5/c28-21(26(15-18-9-6-13-31-18)17-7-2-1-3-8-17)16-27-22(29)24(25-23(27)30)12-14-32-20-11-5-4-10-19(20)24/h4-7,9-11,13H,1-3,8,12,14-16H2,(H,25,30)/t24-/m0/s1. The Kier molecular flexibility index (Phi) is 5.20. The fraction of sp³-hybridized carbons (Fsp3) is 0.375. The highest BCUT2D eigenvalue weighted by atomic mass is 16.5. The summed E-state index contributed by atoms with van der Waals surface area (Å²) in [5.74, 6) is 0.502. The predicted octanol–water partition coefficient (Wildman–Crippen LogP) is 3.30. The quantitative estimate of drug-likeness (QED) is 0.728. The van der Waals surface area contributed by atoms with E-state index in [2.05, 4.69) is 11.4 Å². The van der Waals surface area contributed by atoms with Gasteiger partial charge in [-0.1, -0.05) is 24.3 Å². The first kappa shape index (κ1) is 20.4. The Morgan fingerprint density at radius 3 is 2.81 bits per heavy atom. The van der Waals surface area contributed by atoms with Gasteiger partial charge in [0, 0.05) is 17.7 Å². The first-order chi connectivity index (χ1) is 15.6. The van der Waals surface area contributed by atoms with Crippen LogP contribution in [0.3, 0.4) is 0 Å². The lowest BCUT2D eigenvalue weighted by molar-refractivity contribution is -0.139. The fourth-order valence-electron chi connectivity index (χ4n) is 4.71. The molecule has 2 aromatic rings. The highest BCUT2D eigenvalue weighted by molar-refractivity contribution is 6.09. The van der Waals surface area contributed by atoms with Crippen LogP contribution in [0.5, 0.6) is 5.75 Å². The summed E-state index contributed by atoms with van der Waals surface area (Å²) in [5.41, 5.74) is 0.347. The number of hydrogen-bond acceptors (Lipinski definition) is 5. The minimum absolute atomic E-state index is 0.267. The van der Waals surface area contributed by atoms with Crippen LogP contribution in [-0.2, 0) is 21.7 Å². The van der Waals surface area contributed by atoms with Gasteiger partial charge in [-0.05, 0) is 43.9 Å². The largest absolute Gasteiger partial charge is 0.493 e. The van der Waals surface area contributed by atoms with Crippen LogP contribution < -0.4 is 10.1 Å². The summed E-state index contributed by atoms with van der Waals surface area (Å²) in [4.78, 5) is 42.4. The van der Waals surface area contributed by atoms with E-state index in [4.69, 9.17) is 9.15 Å². The first-order valence-electron chi connectivity index (χ1n) is 11.0. The molecule has 1 fully saturated rings. The lowest BCUT2D eigenvalue weighted by atomic mass is 9.84. The van der Waals surface area contributed by atoms with E-state index in [1.807, 2.05) is 18.2 Å². The summed E-state index contributed by atoms with van der Waals surface area (Å²) in [6.07, 6.45) is 7.71. The van der Waals surface area contributed by atoms with Gasteiger partial charge < -0.3 is 19.4 Å². The number of amides is 4. The third-order valence-corrected chi connectivity index (χ3v) is 6.36. The zero-order chi connectivity index (χ0) is 22.1. The number of furan rings is 1. The molecule has 32 heavy (non-hydrogen) atoms. The molecule has 5 rings (SSSR count). The maximum atomic E-state index is 13.5. The van der Waals surface area contributed by atoms with Crippen LogP contribution in [0.2, 0.25) is 0 Å². The Labute approximate surface area is 185 Å². The molecule has 3 heterocycles. The first-order valence-corrected chi connectivity index (χ1v) is 11.0. The van der Waals surface area contributed by atoms with E-state index < -0.39 is 17.5 Å². The average Bonchev–Trinajstić information content (AvgIpc) is 3.41. The number of urea groups is 1. The number of para-hydroxylation sites is 1. The van der Waals surface area contributed by atoms with Crippen molar-refractivity contribution in [2.45, 2.75) is 44.2 Å². The number of carbonyl (C=O) groups is 3. The van der Waals surface area contributed by atoms with E-state index in [0.29, 0.717) is 30.1 Å². The molecule has 8 nitrogen and oxygen atoms in total.